The fourth-order valence-electron chi connectivity index (χ4n) is 3.56. The lowest BCUT2D eigenvalue weighted by molar-refractivity contribution is -0.121. The van der Waals surface area contributed by atoms with E-state index >= 15 is 0 Å². The highest BCUT2D eigenvalue weighted by Crippen LogP contribution is 2.23. The number of hydrogen-bond acceptors (Lipinski definition) is 7. The van der Waals surface area contributed by atoms with Crippen molar-refractivity contribution in [2.45, 2.75) is 24.7 Å². The van der Waals surface area contributed by atoms with E-state index in [9.17, 15) is 18.0 Å². The molecule has 0 aliphatic carbocycles. The molecular formula is C22H23N5O4S2. The van der Waals surface area contributed by atoms with E-state index in [-0.39, 0.29) is 22.6 Å². The normalized spacial score (nSPS) is 14.6. The number of nitrogens with one attached hydrogen (secondary N) is 2. The first-order valence-electron chi connectivity index (χ1n) is 10.4. The van der Waals surface area contributed by atoms with Crippen molar-refractivity contribution >= 4 is 44.0 Å². The summed E-state index contributed by atoms with van der Waals surface area (Å²) in [6.07, 6.45) is 4.10. The third-order valence-corrected chi connectivity index (χ3v) is 7.62. The number of carbonyl (C=O) groups excluding carboxylic acids is 2. The highest BCUT2D eigenvalue weighted by atomic mass is 32.2. The summed E-state index contributed by atoms with van der Waals surface area (Å²) >= 11 is 1.39. The van der Waals surface area contributed by atoms with Crippen LogP contribution in [0.25, 0.3) is 0 Å². The van der Waals surface area contributed by atoms with Crippen LogP contribution in [0.15, 0.2) is 59.1 Å². The fraction of sp³-hybridized carbons (Fsp3) is 0.273. The SMILES string of the molecule is Cc1csc(NC(=O)C2CCN(C(=O)c3ccc(S(=O)(=O)Nc4ccncc4)cc3)CC2)n1. The van der Waals surface area contributed by atoms with Crippen LogP contribution in [0, 0.1) is 12.8 Å². The van der Waals surface area contributed by atoms with Gasteiger partial charge in [-0.3, -0.25) is 19.3 Å². The van der Waals surface area contributed by atoms with Gasteiger partial charge in [-0.2, -0.15) is 0 Å². The van der Waals surface area contributed by atoms with Gasteiger partial charge in [0.25, 0.3) is 15.9 Å². The van der Waals surface area contributed by atoms with Crippen LogP contribution in [-0.2, 0) is 14.8 Å². The first-order valence-corrected chi connectivity index (χ1v) is 12.7. The molecule has 11 heteroatoms. The summed E-state index contributed by atoms with van der Waals surface area (Å²) in [5.41, 5.74) is 1.67. The number of thiazole rings is 1. The third kappa shape index (κ3) is 5.55. The number of piperidine rings is 1. The molecule has 33 heavy (non-hydrogen) atoms. The molecule has 1 fully saturated rings. The number of anilines is 2. The summed E-state index contributed by atoms with van der Waals surface area (Å²) in [5, 5.41) is 5.31. The van der Waals surface area contributed by atoms with E-state index in [1.54, 1.807) is 17.0 Å². The van der Waals surface area contributed by atoms with Crippen molar-refractivity contribution in [2.75, 3.05) is 23.1 Å². The number of aryl methyl sites for hydroxylation is 1. The predicted molar refractivity (Wildman–Crippen MR) is 126 cm³/mol. The number of carbonyl (C=O) groups is 2. The van der Waals surface area contributed by atoms with Crippen LogP contribution in [0.2, 0.25) is 0 Å². The first kappa shape index (κ1) is 22.9. The Balaban J connectivity index is 1.34. The maximum Gasteiger partial charge on any atom is 0.261 e. The van der Waals surface area contributed by atoms with Gasteiger partial charge in [-0.25, -0.2) is 13.4 Å². The minimum Gasteiger partial charge on any atom is -0.339 e. The number of pyridine rings is 1. The molecule has 3 heterocycles. The van der Waals surface area contributed by atoms with Gasteiger partial charge in [0, 0.05) is 42.3 Å². The molecule has 0 spiro atoms. The number of likely N-dealkylation sites (tertiary alicyclic amines) is 1. The molecule has 172 valence electrons. The Bertz CT molecular complexity index is 1240. The van der Waals surface area contributed by atoms with Gasteiger partial charge in [-0.05, 0) is 56.2 Å². The summed E-state index contributed by atoms with van der Waals surface area (Å²) in [6, 6.07) is 8.94. The maximum atomic E-state index is 12.9. The Kier molecular flexibility index (Phi) is 6.70. The number of nitrogens with zero attached hydrogens (tertiary/aromatic N) is 3. The molecule has 1 saturated heterocycles. The number of benzene rings is 1. The van der Waals surface area contributed by atoms with E-state index in [4.69, 9.17) is 0 Å². The summed E-state index contributed by atoms with van der Waals surface area (Å²) in [6.45, 7) is 2.78. The molecule has 2 amide bonds. The van der Waals surface area contributed by atoms with Crippen LogP contribution in [-0.4, -0.2) is 48.2 Å². The smallest absolute Gasteiger partial charge is 0.261 e. The molecule has 0 atom stereocenters. The molecular weight excluding hydrogens is 462 g/mol. The average Bonchev–Trinajstić information content (AvgIpc) is 3.23. The second kappa shape index (κ2) is 9.67. The summed E-state index contributed by atoms with van der Waals surface area (Å²) in [5.74, 6) is -0.437. The zero-order chi connectivity index (χ0) is 23.4. The van der Waals surface area contributed by atoms with Gasteiger partial charge < -0.3 is 10.2 Å². The summed E-state index contributed by atoms with van der Waals surface area (Å²) in [4.78, 5) is 35.2. The Hall–Kier alpha value is -3.31. The van der Waals surface area contributed by atoms with Gasteiger partial charge in [-0.1, -0.05) is 0 Å². The maximum absolute atomic E-state index is 12.9. The van der Waals surface area contributed by atoms with Crippen molar-refractivity contribution in [2.24, 2.45) is 5.92 Å². The monoisotopic (exact) mass is 485 g/mol. The van der Waals surface area contributed by atoms with Crippen LogP contribution in [0.1, 0.15) is 28.9 Å². The number of sulfonamides is 1. The Labute approximate surface area is 195 Å². The van der Waals surface area contributed by atoms with Crippen molar-refractivity contribution < 1.29 is 18.0 Å². The zero-order valence-electron chi connectivity index (χ0n) is 17.9. The van der Waals surface area contributed by atoms with Gasteiger partial charge in [0.15, 0.2) is 5.13 Å². The summed E-state index contributed by atoms with van der Waals surface area (Å²) in [7, 11) is -3.77. The van der Waals surface area contributed by atoms with Crippen LogP contribution in [0.4, 0.5) is 10.8 Å². The van der Waals surface area contributed by atoms with Crippen LogP contribution < -0.4 is 10.0 Å². The van der Waals surface area contributed by atoms with Gasteiger partial charge in [0.05, 0.1) is 16.3 Å². The van der Waals surface area contributed by atoms with E-state index in [0.29, 0.717) is 42.3 Å². The number of aromatic nitrogens is 2. The van der Waals surface area contributed by atoms with Crippen molar-refractivity contribution in [3.8, 4) is 0 Å². The Morgan fingerprint density at radius 1 is 1.06 bits per heavy atom. The second-order valence-electron chi connectivity index (χ2n) is 7.72. The minimum absolute atomic E-state index is 0.0589. The van der Waals surface area contributed by atoms with Crippen molar-refractivity contribution in [1.29, 1.82) is 0 Å². The average molecular weight is 486 g/mol. The predicted octanol–water partition coefficient (Wildman–Crippen LogP) is 3.14. The van der Waals surface area contributed by atoms with Gasteiger partial charge >= 0.3 is 0 Å². The lowest BCUT2D eigenvalue weighted by Crippen LogP contribution is -2.41. The molecule has 2 N–H and O–H groups in total. The molecule has 0 saturated carbocycles. The van der Waals surface area contributed by atoms with Gasteiger partial charge in [0.1, 0.15) is 0 Å². The number of hydrogen-bond donors (Lipinski definition) is 2. The molecule has 2 aromatic heterocycles. The lowest BCUT2D eigenvalue weighted by atomic mass is 9.95. The van der Waals surface area contributed by atoms with E-state index in [2.05, 4.69) is 20.0 Å². The fourth-order valence-corrected chi connectivity index (χ4v) is 5.31. The van der Waals surface area contributed by atoms with Crippen LogP contribution in [0.3, 0.4) is 0 Å². The standard InChI is InChI=1S/C22H23N5O4S2/c1-15-14-32-22(24-15)25-20(28)16-8-12-27(13-9-16)21(29)17-2-4-19(5-3-17)33(30,31)26-18-6-10-23-11-7-18/h2-7,10-11,14,16H,8-9,12-13H2,1H3,(H,23,26)(H,24,25,28). The molecule has 0 radical (unpaired) electrons. The van der Waals surface area contributed by atoms with E-state index in [0.717, 1.165) is 5.69 Å². The van der Waals surface area contributed by atoms with E-state index in [1.165, 1.54) is 48.0 Å². The van der Waals surface area contributed by atoms with Gasteiger partial charge in [0.2, 0.25) is 5.91 Å². The Morgan fingerprint density at radius 2 is 1.73 bits per heavy atom. The van der Waals surface area contributed by atoms with Crippen molar-refractivity contribution in [1.82, 2.24) is 14.9 Å². The van der Waals surface area contributed by atoms with Crippen molar-refractivity contribution in [3.05, 3.63) is 65.4 Å². The molecule has 4 rings (SSSR count). The lowest BCUT2D eigenvalue weighted by Gasteiger charge is -2.31. The second-order valence-corrected chi connectivity index (χ2v) is 10.3. The van der Waals surface area contributed by atoms with Crippen molar-refractivity contribution in [3.63, 3.8) is 0 Å². The van der Waals surface area contributed by atoms with Crippen LogP contribution in [0.5, 0.6) is 0 Å². The van der Waals surface area contributed by atoms with Crippen LogP contribution >= 0.6 is 11.3 Å². The molecule has 0 unspecified atom stereocenters. The highest BCUT2D eigenvalue weighted by molar-refractivity contribution is 7.92. The Morgan fingerprint density at radius 3 is 2.33 bits per heavy atom. The molecule has 1 aliphatic rings. The first-order chi connectivity index (χ1) is 15.8. The molecule has 3 aromatic rings. The molecule has 1 aromatic carbocycles. The minimum atomic E-state index is -3.77. The quantitative estimate of drug-likeness (QED) is 0.553. The highest BCUT2D eigenvalue weighted by Gasteiger charge is 2.28. The van der Waals surface area contributed by atoms with Gasteiger partial charge in [-0.15, -0.1) is 11.3 Å². The van der Waals surface area contributed by atoms with E-state index < -0.39 is 10.0 Å². The summed E-state index contributed by atoms with van der Waals surface area (Å²) < 4.78 is 27.6. The largest absolute Gasteiger partial charge is 0.339 e. The van der Waals surface area contributed by atoms with E-state index in [1.807, 2.05) is 12.3 Å². The number of rotatable bonds is 6. The molecule has 9 nitrogen and oxygen atoms in total. The topological polar surface area (TPSA) is 121 Å². The third-order valence-electron chi connectivity index (χ3n) is 5.35. The molecule has 0 bridgehead atoms. The zero-order valence-corrected chi connectivity index (χ0v) is 19.5. The molecule has 1 aliphatic heterocycles. The number of amides is 2.